The molecule has 2 aliphatic heterocycles. The van der Waals surface area contributed by atoms with E-state index in [0.717, 1.165) is 17.1 Å². The number of methoxy groups -OCH3 is 1. The van der Waals surface area contributed by atoms with Crippen LogP contribution in [0.25, 0.3) is 0 Å². The monoisotopic (exact) mass is 2090 g/mol. The number of carboxylic acid groups (broad SMARTS) is 5. The van der Waals surface area contributed by atoms with Crippen LogP contribution in [-0.2, 0) is 136 Å². The van der Waals surface area contributed by atoms with Gasteiger partial charge in [-0.1, -0.05) is 57.1 Å². The first-order valence-corrected chi connectivity index (χ1v) is 50.0. The highest BCUT2D eigenvalue weighted by Crippen LogP contribution is 2.26. The SMILES string of the molecule is CCC(=O)[C@H](CCCNC(=N)N)NC(=O)[C@H](CCCNC(=N)N)CC(=O)CNC(=O)[C@H](C)CC(=O)[C@H](CSC)NC(=O)CCC(=O)[C@H](CC(C)C)NC(=O)[C@@H]1CCCN1C(=O)COCCCC(=O)[C@H](Cc1ccc(/C(C)=N/OCCNC(=O)OCCOC)cc1)NC(=O)[C@H](CCC(=O)O)CC(=O)[C@H](CCC(=O)O)NC(=O)[C@H](CCC(=O)O)CC(=O)[C@H](CCC(=O)O)NC(=O)[C@H](CCC(=O)O)CC(=O)CCN1C(=O)C=CC1=O. The summed E-state index contributed by atoms with van der Waals surface area (Å²) in [7, 11) is 1.43. The summed E-state index contributed by atoms with van der Waals surface area (Å²) in [6.45, 7) is 7.06. The van der Waals surface area contributed by atoms with Crippen molar-refractivity contribution in [2.24, 2.45) is 52.1 Å². The van der Waals surface area contributed by atoms with Gasteiger partial charge in [-0.3, -0.25) is 126 Å². The second kappa shape index (κ2) is 69.2. The number of carbonyl (C=O) groups excluding carboxylic acids is 19. The zero-order valence-electron chi connectivity index (χ0n) is 84.0. The molecular weight excluding hydrogens is 1950 g/mol. The van der Waals surface area contributed by atoms with E-state index in [4.69, 9.17) is 41.3 Å². The number of carbonyl (C=O) groups is 24. The van der Waals surface area contributed by atoms with Gasteiger partial charge in [0.15, 0.2) is 52.4 Å². The van der Waals surface area contributed by atoms with Crippen molar-refractivity contribution in [2.75, 3.05) is 91.4 Å². The fraction of sp³-hybridized carbons (Fsp3) is 0.635. The molecule has 0 unspecified atom stereocenters. The second-order valence-electron chi connectivity index (χ2n) is 36.1. The van der Waals surface area contributed by atoms with Gasteiger partial charge in [-0.05, 0) is 120 Å². The molecule has 0 saturated carbocycles. The van der Waals surface area contributed by atoms with Crippen molar-refractivity contribution in [3.05, 3.63) is 47.5 Å². The number of Topliss-reactive ketones (excluding diaryl/α,β-unsaturated/α-hetero) is 8. The normalized spacial score (nSPS) is 15.0. The van der Waals surface area contributed by atoms with Crippen molar-refractivity contribution in [3.8, 4) is 0 Å². The zero-order valence-corrected chi connectivity index (χ0v) is 84.8. The van der Waals surface area contributed by atoms with Crippen molar-refractivity contribution >= 4 is 171 Å². The van der Waals surface area contributed by atoms with Crippen molar-refractivity contribution < 1.29 is 160 Å². The third kappa shape index (κ3) is 52.1. The number of ketones is 8. The summed E-state index contributed by atoms with van der Waals surface area (Å²) < 4.78 is 15.6. The van der Waals surface area contributed by atoms with Crippen LogP contribution in [0.1, 0.15) is 226 Å². The van der Waals surface area contributed by atoms with E-state index >= 15 is 0 Å². The van der Waals surface area contributed by atoms with Crippen LogP contribution in [0.5, 0.6) is 0 Å². The van der Waals surface area contributed by atoms with Gasteiger partial charge in [-0.25, -0.2) is 4.79 Å². The Labute approximate surface area is 854 Å². The highest BCUT2D eigenvalue weighted by molar-refractivity contribution is 7.98. The molecule has 0 aliphatic carbocycles. The number of rotatable bonds is 80. The van der Waals surface area contributed by atoms with Gasteiger partial charge in [-0.2, -0.15) is 11.8 Å². The van der Waals surface area contributed by atoms with E-state index in [1.54, 1.807) is 58.2 Å². The number of hydrogen-bond acceptors (Lipinski definition) is 32. The van der Waals surface area contributed by atoms with E-state index in [9.17, 15) is 141 Å². The lowest BCUT2D eigenvalue weighted by atomic mass is 9.89. The van der Waals surface area contributed by atoms with E-state index in [0.29, 0.717) is 36.1 Å². The highest BCUT2D eigenvalue weighted by Gasteiger charge is 2.40. The molecule has 1 aromatic carbocycles. The van der Waals surface area contributed by atoms with Gasteiger partial charge in [0.05, 0.1) is 61.7 Å². The summed E-state index contributed by atoms with van der Waals surface area (Å²) in [4.78, 5) is 327. The first kappa shape index (κ1) is 127. The molecule has 0 spiro atoms. The molecule has 12 atom stereocenters. The zero-order chi connectivity index (χ0) is 110. The highest BCUT2D eigenvalue weighted by atomic mass is 32.2. The number of carboxylic acids is 5. The first-order chi connectivity index (χ1) is 69.6. The number of benzene rings is 1. The Morgan fingerprint density at radius 3 is 1.50 bits per heavy atom. The average Bonchev–Trinajstić information content (AvgIpc) is 1.71. The molecule has 816 valence electrons. The molecule has 0 aromatic heterocycles. The Kier molecular flexibility index (Phi) is 60.0. The minimum absolute atomic E-state index is 0.00363. The number of oxime groups is 1. The number of nitrogens with two attached hydrogens (primary N) is 2. The molecular formula is C96H143N17O33S. The molecule has 1 saturated heterocycles. The van der Waals surface area contributed by atoms with E-state index < -0.39 is 330 Å². The maximum atomic E-state index is 14.8. The van der Waals surface area contributed by atoms with Gasteiger partial charge in [0.1, 0.15) is 31.6 Å². The maximum absolute atomic E-state index is 14.8. The molecule has 11 amide bonds. The molecule has 51 heteroatoms. The van der Waals surface area contributed by atoms with Gasteiger partial charge < -0.3 is 114 Å². The fourth-order valence-electron chi connectivity index (χ4n) is 15.7. The standard InChI is InChI=1S/C96H143N17O33S/c1-8-73(116)66(14-10-37-102-95(99)100)106-89(137)60(13-9-36-101-94(97)98)49-65(115)52-104-88(136)56(4)46-76(119)71(54-147-7)105-79(122)27-26-75(118)69(45-55(2)3)110-93(141)72-15-11-39-112(72)82(125)53-144-41-12-16-74(117)70(47-58-17-19-59(20-18-58)57(5)111-146-42-38-103-96(142)145-44-43-143-6)109-92(140)63(23-32-85(130)131)51-78(121)68(25-34-87(134)135)108-91(139)62(22-31-84(128)129)50-77(120)67(24-33-86(132)133)107-90(138)61(21-30-83(126)127)48-64(114)35-40-113-80(123)28-29-81(113)124/h17-20,28-29,55-56,60-63,66-72H,8-16,21-27,30-54H2,1-7H3,(H,103,142)(H,104,136)(H,105,122)(H,106,137)(H,107,138)(H,108,139)(H,109,140)(H,110,141)(H,126,127)(H,128,129)(H,130,131)(H,132,133)(H,134,135)(H4,97,98,101)(H4,99,100,102)/b111-57+/t56-,60-,61-,62-,63-,66+,67+,68+,69+,70+,71+,72+/m1/s1. The summed E-state index contributed by atoms with van der Waals surface area (Å²) in [6, 6.07) is -3.17. The fourth-order valence-corrected chi connectivity index (χ4v) is 16.3. The molecule has 21 N–H and O–H groups in total. The number of thioether (sulfide) groups is 1. The molecule has 3 rings (SSSR count). The lowest BCUT2D eigenvalue weighted by Crippen LogP contribution is -2.52. The van der Waals surface area contributed by atoms with E-state index in [-0.39, 0.29) is 146 Å². The number of imide groups is 1. The number of hydrogen-bond donors (Lipinski definition) is 19. The summed E-state index contributed by atoms with van der Waals surface area (Å²) >= 11 is 1.21. The van der Waals surface area contributed by atoms with Crippen molar-refractivity contribution in [1.29, 1.82) is 10.8 Å². The predicted octanol–water partition coefficient (Wildman–Crippen LogP) is 0.524. The summed E-state index contributed by atoms with van der Waals surface area (Å²) in [5.41, 5.74) is 12.0. The second-order valence-corrected chi connectivity index (χ2v) is 37.0. The Balaban J connectivity index is 1.84. The summed E-state index contributed by atoms with van der Waals surface area (Å²) in [5.74, 6) is -28.9. The largest absolute Gasteiger partial charge is 0.481 e. The third-order valence-corrected chi connectivity index (χ3v) is 24.4. The lowest BCUT2D eigenvalue weighted by molar-refractivity contribution is -0.142. The van der Waals surface area contributed by atoms with Crippen LogP contribution >= 0.6 is 11.8 Å². The van der Waals surface area contributed by atoms with Gasteiger partial charge in [-0.15, -0.1) is 0 Å². The number of amides is 11. The van der Waals surface area contributed by atoms with Crippen molar-refractivity contribution in [1.82, 2.24) is 63.0 Å². The third-order valence-electron chi connectivity index (χ3n) is 23.7. The molecule has 2 heterocycles. The Bertz CT molecular complexity index is 4800. The minimum atomic E-state index is -1.90. The molecule has 1 fully saturated rings. The van der Waals surface area contributed by atoms with Crippen molar-refractivity contribution in [2.45, 2.75) is 263 Å². The first-order valence-electron chi connectivity index (χ1n) is 48.7. The van der Waals surface area contributed by atoms with Gasteiger partial charge in [0.25, 0.3) is 11.8 Å². The number of likely N-dealkylation sites (tertiary alicyclic amines) is 1. The molecule has 2 aliphatic rings. The number of guanidine groups is 2. The number of ether oxygens (including phenoxy) is 3. The summed E-state index contributed by atoms with van der Waals surface area (Å²) in [5, 5.41) is 93.4. The van der Waals surface area contributed by atoms with Crippen LogP contribution < -0.4 is 64.6 Å². The topological polar surface area (TPSA) is 787 Å². The van der Waals surface area contributed by atoms with Gasteiger partial charge >= 0.3 is 35.9 Å². The lowest BCUT2D eigenvalue weighted by Gasteiger charge is -2.27. The predicted molar refractivity (Wildman–Crippen MR) is 526 cm³/mol. The Morgan fingerprint density at radius 1 is 0.497 bits per heavy atom. The van der Waals surface area contributed by atoms with Crippen LogP contribution in [0.4, 0.5) is 4.79 Å². The van der Waals surface area contributed by atoms with Crippen LogP contribution in [0, 0.1) is 46.3 Å². The molecule has 1 aromatic rings. The number of aliphatic carboxylic acids is 5. The molecule has 0 radical (unpaired) electrons. The van der Waals surface area contributed by atoms with Crippen LogP contribution in [-0.4, -0.2) is 328 Å². The van der Waals surface area contributed by atoms with Gasteiger partial charge in [0, 0.05) is 184 Å². The van der Waals surface area contributed by atoms with Crippen LogP contribution in [0.3, 0.4) is 0 Å². The summed E-state index contributed by atoms with van der Waals surface area (Å²) in [6.07, 6.45) is -8.23. The van der Waals surface area contributed by atoms with Gasteiger partial charge in [0.2, 0.25) is 47.3 Å². The number of alkyl carbamates (subject to hydrolysis) is 1. The molecule has 50 nitrogen and oxygen atoms in total. The van der Waals surface area contributed by atoms with E-state index in [1.807, 2.05) is 0 Å². The van der Waals surface area contributed by atoms with Crippen LogP contribution in [0.2, 0.25) is 0 Å². The molecule has 147 heavy (non-hydrogen) atoms. The Hall–Kier alpha value is -13.9. The maximum Gasteiger partial charge on any atom is 0.407 e. The van der Waals surface area contributed by atoms with E-state index in [1.165, 1.54) is 30.7 Å². The average molecular weight is 2100 g/mol. The van der Waals surface area contributed by atoms with Crippen LogP contribution in [0.15, 0.2) is 41.6 Å². The quantitative estimate of drug-likeness (QED) is 0.0139. The smallest absolute Gasteiger partial charge is 0.407 e. The Morgan fingerprint density at radius 2 is 0.986 bits per heavy atom. The van der Waals surface area contributed by atoms with E-state index in [2.05, 4.69) is 58.3 Å². The number of nitrogens with one attached hydrogen (secondary N) is 12. The number of nitrogens with zero attached hydrogens (tertiary/aromatic N) is 3. The molecule has 0 bridgehead atoms. The minimum Gasteiger partial charge on any atom is -0.481 e. The van der Waals surface area contributed by atoms with Crippen molar-refractivity contribution in [3.63, 3.8) is 0 Å².